The Morgan fingerprint density at radius 1 is 1.16 bits per heavy atom. The number of fused-ring (bicyclic) bond motifs is 1. The van der Waals surface area contributed by atoms with Crippen LogP contribution in [0.15, 0.2) is 35.3 Å². The highest BCUT2D eigenvalue weighted by molar-refractivity contribution is 5.97. The summed E-state index contributed by atoms with van der Waals surface area (Å²) in [7, 11) is 0. The van der Waals surface area contributed by atoms with E-state index in [1.807, 2.05) is 5.32 Å². The molecule has 38 heavy (non-hydrogen) atoms. The van der Waals surface area contributed by atoms with E-state index in [9.17, 15) is 37.4 Å². The Balaban J connectivity index is 0.00000400. The van der Waals surface area contributed by atoms with Crippen molar-refractivity contribution < 1.29 is 41.7 Å². The molecule has 3 aromatic rings. The summed E-state index contributed by atoms with van der Waals surface area (Å²) in [6.07, 6.45) is -1.86. The van der Waals surface area contributed by atoms with Crippen LogP contribution < -0.4 is 15.6 Å². The van der Waals surface area contributed by atoms with E-state index in [1.165, 1.54) is 11.8 Å². The molecule has 14 heteroatoms. The lowest BCUT2D eigenvalue weighted by Crippen LogP contribution is -2.46. The first-order valence-corrected chi connectivity index (χ1v) is 11.3. The van der Waals surface area contributed by atoms with Crippen LogP contribution in [0.2, 0.25) is 0 Å². The van der Waals surface area contributed by atoms with Crippen LogP contribution in [-0.2, 0) is 0 Å². The number of aromatic nitrogens is 2. The molecule has 0 radical (unpaired) electrons. The maximum absolute atomic E-state index is 15.1. The number of para-hydroxylation sites is 1. The number of carbonyl (C=O) groups excluding carboxylic acids is 1. The fraction of sp³-hybridized carbons (Fsp3) is 0.375. The van der Waals surface area contributed by atoms with Gasteiger partial charge in [0.25, 0.3) is 11.8 Å². The van der Waals surface area contributed by atoms with Gasteiger partial charge in [-0.25, -0.2) is 26.9 Å². The van der Waals surface area contributed by atoms with Crippen LogP contribution in [0.3, 0.4) is 0 Å². The van der Waals surface area contributed by atoms with Crippen LogP contribution in [0.25, 0.3) is 16.7 Å². The van der Waals surface area contributed by atoms with Gasteiger partial charge in [-0.3, -0.25) is 18.9 Å². The fourth-order valence-electron chi connectivity index (χ4n) is 4.25. The van der Waals surface area contributed by atoms with Gasteiger partial charge in [0, 0.05) is 26.2 Å². The number of nitrogens with zero attached hydrogens (tertiary/aromatic N) is 3. The van der Waals surface area contributed by atoms with Crippen molar-refractivity contribution >= 4 is 22.8 Å². The second-order valence-electron chi connectivity index (χ2n) is 8.91. The lowest BCUT2D eigenvalue weighted by Gasteiger charge is -2.24. The first kappa shape index (κ1) is 28.9. The molecule has 4 rings (SSSR count). The minimum Gasteiger partial charge on any atom is -0.389 e. The van der Waals surface area contributed by atoms with Crippen LogP contribution in [0, 0.1) is 17.5 Å². The van der Waals surface area contributed by atoms with E-state index in [4.69, 9.17) is 0 Å². The van der Waals surface area contributed by atoms with Gasteiger partial charge in [-0.2, -0.15) is 0 Å². The van der Waals surface area contributed by atoms with E-state index in [0.717, 1.165) is 29.0 Å². The zero-order valence-corrected chi connectivity index (χ0v) is 20.1. The van der Waals surface area contributed by atoms with Gasteiger partial charge in [0.1, 0.15) is 22.9 Å². The van der Waals surface area contributed by atoms with Crippen molar-refractivity contribution in [1.29, 1.82) is 0 Å². The van der Waals surface area contributed by atoms with Crippen molar-refractivity contribution in [2.75, 3.05) is 18.0 Å². The Morgan fingerprint density at radius 3 is 2.26 bits per heavy atom. The summed E-state index contributed by atoms with van der Waals surface area (Å²) in [6.45, 7) is 1.56. The van der Waals surface area contributed by atoms with Crippen molar-refractivity contribution in [1.82, 2.24) is 14.9 Å². The number of hydrogen-bond acceptors (Lipinski definition) is 6. The van der Waals surface area contributed by atoms with Gasteiger partial charge >= 0.3 is 0 Å². The number of amides is 1. The molecular formula is C24H24F6N4O4. The molecule has 0 bridgehead atoms. The Labute approximate surface area is 211 Å². The molecule has 0 saturated carbocycles. The molecule has 3 N–H and O–H groups in total. The fourth-order valence-corrected chi connectivity index (χ4v) is 4.25. The average Bonchev–Trinajstić information content (AvgIpc) is 3.15. The number of anilines is 1. The van der Waals surface area contributed by atoms with Gasteiger partial charge < -0.3 is 20.4 Å². The van der Waals surface area contributed by atoms with Crippen molar-refractivity contribution in [3.05, 3.63) is 63.7 Å². The highest BCUT2D eigenvalue weighted by Crippen LogP contribution is 2.28. The van der Waals surface area contributed by atoms with Gasteiger partial charge in [-0.05, 0) is 24.6 Å². The number of pyridine rings is 2. The number of aliphatic hydroxyl groups excluding tert-OH is 2. The molecule has 8 nitrogen and oxygen atoms in total. The predicted octanol–water partition coefficient (Wildman–Crippen LogP) is 2.66. The molecule has 1 aliphatic rings. The predicted molar refractivity (Wildman–Crippen MR) is 126 cm³/mol. The number of β-amino-alcohol motifs (C(OH)–C–C–N with tert-alkyl or cyclic N) is 2. The van der Waals surface area contributed by atoms with Gasteiger partial charge in [0.2, 0.25) is 5.43 Å². The van der Waals surface area contributed by atoms with E-state index in [2.05, 4.69) is 4.98 Å². The third-order valence-corrected chi connectivity index (χ3v) is 6.22. The number of nitrogens with one attached hydrogen (secondary N) is 1. The Bertz CT molecular complexity index is 1400. The summed E-state index contributed by atoms with van der Waals surface area (Å²) >= 11 is 0. The number of alkyl halides is 2. The number of halogens is 6. The lowest BCUT2D eigenvalue weighted by atomic mass is 10.1. The SMILES string of the molecule is CC[C@H](NC(=O)c1cn(-c2c(F)cccc2F)c2nc(N3C[C@@H](O)[C@H](O)C3)c(F)cc2c1=O)C(C)(F)F.F. The van der Waals surface area contributed by atoms with Gasteiger partial charge in [-0.1, -0.05) is 13.0 Å². The zero-order valence-electron chi connectivity index (χ0n) is 20.1. The molecule has 1 saturated heterocycles. The number of hydrogen-bond donors (Lipinski definition) is 3. The average molecular weight is 546 g/mol. The Kier molecular flexibility index (Phi) is 8.07. The van der Waals surface area contributed by atoms with E-state index >= 15 is 4.39 Å². The lowest BCUT2D eigenvalue weighted by molar-refractivity contribution is -0.0179. The highest BCUT2D eigenvalue weighted by Gasteiger charge is 2.35. The van der Waals surface area contributed by atoms with Crippen LogP contribution in [0.5, 0.6) is 0 Å². The van der Waals surface area contributed by atoms with Crippen molar-refractivity contribution in [3.8, 4) is 5.69 Å². The maximum Gasteiger partial charge on any atom is 0.265 e. The number of rotatable bonds is 6. The van der Waals surface area contributed by atoms with Crippen LogP contribution >= 0.6 is 0 Å². The molecule has 1 fully saturated rings. The van der Waals surface area contributed by atoms with Gasteiger partial charge in [-0.15, -0.1) is 0 Å². The van der Waals surface area contributed by atoms with Crippen LogP contribution in [-0.4, -0.2) is 62.9 Å². The van der Waals surface area contributed by atoms with E-state index in [1.54, 1.807) is 0 Å². The Morgan fingerprint density at radius 2 is 1.74 bits per heavy atom. The third kappa shape index (κ3) is 5.18. The molecule has 3 heterocycles. The highest BCUT2D eigenvalue weighted by atomic mass is 19.3. The molecule has 1 aliphatic heterocycles. The summed E-state index contributed by atoms with van der Waals surface area (Å²) < 4.78 is 73.1. The second-order valence-corrected chi connectivity index (χ2v) is 8.91. The van der Waals surface area contributed by atoms with Crippen molar-refractivity contribution in [2.45, 2.75) is 44.4 Å². The number of carbonyl (C=O) groups is 1. The smallest absolute Gasteiger partial charge is 0.265 e. The molecule has 0 spiro atoms. The first-order valence-electron chi connectivity index (χ1n) is 11.3. The summed E-state index contributed by atoms with van der Waals surface area (Å²) in [6, 6.07) is 1.94. The minimum absolute atomic E-state index is 0. The van der Waals surface area contributed by atoms with Crippen LogP contribution in [0.1, 0.15) is 30.6 Å². The van der Waals surface area contributed by atoms with E-state index in [0.29, 0.717) is 13.0 Å². The maximum atomic E-state index is 15.1. The monoisotopic (exact) mass is 546 g/mol. The third-order valence-electron chi connectivity index (χ3n) is 6.22. The molecule has 206 valence electrons. The zero-order chi connectivity index (χ0) is 27.2. The molecule has 1 amide bonds. The summed E-state index contributed by atoms with van der Waals surface area (Å²) in [5.74, 6) is -8.30. The van der Waals surface area contributed by atoms with E-state index < -0.39 is 81.1 Å². The number of benzene rings is 1. The van der Waals surface area contributed by atoms with Gasteiger partial charge in [0.15, 0.2) is 17.3 Å². The minimum atomic E-state index is -3.34. The Hall–Kier alpha value is -3.65. The quantitative estimate of drug-likeness (QED) is 0.411. The van der Waals surface area contributed by atoms with Gasteiger partial charge in [0.05, 0.1) is 23.6 Å². The summed E-state index contributed by atoms with van der Waals surface area (Å²) in [4.78, 5) is 31.3. The van der Waals surface area contributed by atoms with Crippen molar-refractivity contribution in [2.24, 2.45) is 0 Å². The largest absolute Gasteiger partial charge is 0.389 e. The summed E-state index contributed by atoms with van der Waals surface area (Å²) in [5, 5.41) is 21.2. The first-order chi connectivity index (χ1) is 17.3. The molecular weight excluding hydrogens is 522 g/mol. The topological polar surface area (TPSA) is 108 Å². The molecule has 3 atom stereocenters. The van der Waals surface area contributed by atoms with Crippen LogP contribution in [0.4, 0.5) is 32.5 Å². The standard InChI is InChI=1S/C24H23F5N4O4.FH/c1-3-18(24(2,28)29)30-23(37)12-8-33(19-13(25)5-4-6-14(19)26)21-11(20(12)36)7-15(27)22(31-21)32-9-16(34)17(35)10-32;/h4-8,16-18,34-35H,3,9-10H2,1-2H3,(H,30,37);1H/t16-,17-,18+;/m1./s1. The van der Waals surface area contributed by atoms with Crippen molar-refractivity contribution in [3.63, 3.8) is 0 Å². The summed E-state index contributed by atoms with van der Waals surface area (Å²) in [5.41, 5.74) is -3.06. The normalized spacial score (nSPS) is 18.4. The molecule has 0 unspecified atom stereocenters. The molecule has 2 aromatic heterocycles. The molecule has 0 aliphatic carbocycles. The van der Waals surface area contributed by atoms with E-state index in [-0.39, 0.29) is 24.2 Å². The molecule has 1 aromatic carbocycles. The number of aliphatic hydroxyl groups is 2. The second kappa shape index (κ2) is 10.6.